The molecule has 220 valence electrons. The fourth-order valence-electron chi connectivity index (χ4n) is 3.96. The van der Waals surface area contributed by atoms with Gasteiger partial charge in [-0.05, 0) is 86.0 Å². The highest BCUT2D eigenvalue weighted by molar-refractivity contribution is 7.92. The third-order valence-corrected chi connectivity index (χ3v) is 8.27. The normalized spacial score (nSPS) is 12.1. The first-order valence-electron chi connectivity index (χ1n) is 13.2. The molecule has 0 aliphatic carbocycles. The SMILES string of the molecule is CCOc1ccc(N(CC(=O)N(Cc2ccc(Cl)cc2)C(C)C(=O)NCC(C)C)S(=O)(=O)c2ccc(F)cc2)cc1. The van der Waals surface area contributed by atoms with Crippen LogP contribution < -0.4 is 14.4 Å². The Labute approximate surface area is 246 Å². The minimum Gasteiger partial charge on any atom is -0.494 e. The van der Waals surface area contributed by atoms with E-state index in [2.05, 4.69) is 5.32 Å². The van der Waals surface area contributed by atoms with E-state index in [0.29, 0.717) is 29.5 Å². The summed E-state index contributed by atoms with van der Waals surface area (Å²) in [7, 11) is -4.31. The molecule has 0 aliphatic heterocycles. The van der Waals surface area contributed by atoms with Crippen LogP contribution in [-0.2, 0) is 26.2 Å². The molecule has 1 unspecified atom stereocenters. The molecule has 2 amide bonds. The van der Waals surface area contributed by atoms with E-state index >= 15 is 0 Å². The molecule has 3 rings (SSSR count). The van der Waals surface area contributed by atoms with Gasteiger partial charge in [-0.3, -0.25) is 13.9 Å². The van der Waals surface area contributed by atoms with Gasteiger partial charge in [0, 0.05) is 18.1 Å². The number of rotatable bonds is 13. The summed E-state index contributed by atoms with van der Waals surface area (Å²) in [5.74, 6) is -0.839. The molecule has 41 heavy (non-hydrogen) atoms. The molecular weight excluding hydrogens is 569 g/mol. The van der Waals surface area contributed by atoms with Crippen molar-refractivity contribution < 1.29 is 27.1 Å². The quantitative estimate of drug-likeness (QED) is 0.287. The third kappa shape index (κ3) is 8.68. The Morgan fingerprint density at radius 1 is 0.951 bits per heavy atom. The molecule has 0 saturated carbocycles. The Hall–Kier alpha value is -3.63. The fraction of sp³-hybridized carbons (Fsp3) is 0.333. The van der Waals surface area contributed by atoms with Crippen LogP contribution in [0.1, 0.15) is 33.3 Å². The first-order chi connectivity index (χ1) is 19.4. The standard InChI is InChI=1S/C30H35ClFN3O5S/c1-5-40-27-14-12-26(13-15-27)35(41(38,39)28-16-10-25(32)11-17-28)20-29(36)34(19-23-6-8-24(31)9-7-23)22(4)30(37)33-18-21(2)3/h6-17,21-22H,5,18-20H2,1-4H3,(H,33,37). The molecule has 11 heteroatoms. The van der Waals surface area contributed by atoms with Crippen LogP contribution in [0.5, 0.6) is 5.75 Å². The van der Waals surface area contributed by atoms with Gasteiger partial charge in [-0.1, -0.05) is 37.6 Å². The zero-order valence-electron chi connectivity index (χ0n) is 23.5. The van der Waals surface area contributed by atoms with Gasteiger partial charge in [-0.15, -0.1) is 0 Å². The van der Waals surface area contributed by atoms with E-state index in [-0.39, 0.29) is 29.0 Å². The van der Waals surface area contributed by atoms with Crippen LogP contribution in [0.3, 0.4) is 0 Å². The maximum absolute atomic E-state index is 13.9. The van der Waals surface area contributed by atoms with Crippen LogP contribution >= 0.6 is 11.6 Å². The van der Waals surface area contributed by atoms with Crippen molar-refractivity contribution in [3.05, 3.63) is 89.2 Å². The van der Waals surface area contributed by atoms with Gasteiger partial charge < -0.3 is 15.0 Å². The van der Waals surface area contributed by atoms with Crippen LogP contribution in [-0.4, -0.2) is 50.9 Å². The average Bonchev–Trinajstić information content (AvgIpc) is 2.94. The number of benzene rings is 3. The summed E-state index contributed by atoms with van der Waals surface area (Å²) in [6, 6.07) is 16.5. The van der Waals surface area contributed by atoms with Gasteiger partial charge in [0.1, 0.15) is 24.2 Å². The highest BCUT2D eigenvalue weighted by atomic mass is 35.5. The predicted molar refractivity (Wildman–Crippen MR) is 158 cm³/mol. The Morgan fingerprint density at radius 3 is 2.12 bits per heavy atom. The maximum atomic E-state index is 13.9. The maximum Gasteiger partial charge on any atom is 0.264 e. The van der Waals surface area contributed by atoms with Crippen LogP contribution in [0.2, 0.25) is 5.02 Å². The molecular formula is C30H35ClFN3O5S. The van der Waals surface area contributed by atoms with Gasteiger partial charge in [-0.2, -0.15) is 0 Å². The van der Waals surface area contributed by atoms with Gasteiger partial charge >= 0.3 is 0 Å². The topological polar surface area (TPSA) is 96.0 Å². The molecule has 1 atom stereocenters. The second-order valence-corrected chi connectivity index (χ2v) is 12.2. The summed E-state index contributed by atoms with van der Waals surface area (Å²) in [4.78, 5) is 28.1. The summed E-state index contributed by atoms with van der Waals surface area (Å²) in [5.41, 5.74) is 0.912. The van der Waals surface area contributed by atoms with Crippen molar-refractivity contribution in [3.8, 4) is 5.75 Å². The van der Waals surface area contributed by atoms with E-state index in [4.69, 9.17) is 16.3 Å². The molecule has 3 aromatic rings. The van der Waals surface area contributed by atoms with E-state index in [1.54, 1.807) is 43.3 Å². The van der Waals surface area contributed by atoms with Crippen LogP contribution in [0.25, 0.3) is 0 Å². The van der Waals surface area contributed by atoms with E-state index < -0.39 is 34.3 Å². The molecule has 8 nitrogen and oxygen atoms in total. The highest BCUT2D eigenvalue weighted by Gasteiger charge is 2.32. The summed E-state index contributed by atoms with van der Waals surface area (Å²) in [6.45, 7) is 7.61. The molecule has 0 saturated heterocycles. The van der Waals surface area contributed by atoms with Gasteiger partial charge in [0.15, 0.2) is 0 Å². The summed E-state index contributed by atoms with van der Waals surface area (Å²) in [5, 5.41) is 3.36. The van der Waals surface area contributed by atoms with E-state index in [1.807, 2.05) is 20.8 Å². The molecule has 0 bridgehead atoms. The third-order valence-electron chi connectivity index (χ3n) is 6.23. The van der Waals surface area contributed by atoms with Crippen molar-refractivity contribution in [1.82, 2.24) is 10.2 Å². The fourth-order valence-corrected chi connectivity index (χ4v) is 5.50. The minimum absolute atomic E-state index is 0.0416. The van der Waals surface area contributed by atoms with Gasteiger partial charge in [0.25, 0.3) is 10.0 Å². The lowest BCUT2D eigenvalue weighted by molar-refractivity contribution is -0.139. The van der Waals surface area contributed by atoms with Crippen LogP contribution in [0.15, 0.2) is 77.7 Å². The number of carbonyl (C=O) groups excluding carboxylic acids is 2. The average molecular weight is 604 g/mol. The summed E-state index contributed by atoms with van der Waals surface area (Å²) < 4.78 is 47.6. The number of carbonyl (C=O) groups is 2. The molecule has 0 aromatic heterocycles. The van der Waals surface area contributed by atoms with Crippen molar-refractivity contribution in [1.29, 1.82) is 0 Å². The monoisotopic (exact) mass is 603 g/mol. The summed E-state index contributed by atoms with van der Waals surface area (Å²) in [6.07, 6.45) is 0. The predicted octanol–water partition coefficient (Wildman–Crippen LogP) is 5.26. The summed E-state index contributed by atoms with van der Waals surface area (Å²) >= 11 is 6.03. The first-order valence-corrected chi connectivity index (χ1v) is 15.1. The van der Waals surface area contributed by atoms with Crippen molar-refractivity contribution in [3.63, 3.8) is 0 Å². The highest BCUT2D eigenvalue weighted by Crippen LogP contribution is 2.27. The van der Waals surface area contributed by atoms with Crippen LogP contribution in [0, 0.1) is 11.7 Å². The number of hydrogen-bond acceptors (Lipinski definition) is 5. The van der Waals surface area contributed by atoms with Gasteiger partial charge in [-0.25, -0.2) is 12.8 Å². The molecule has 0 radical (unpaired) electrons. The Morgan fingerprint density at radius 2 is 1.56 bits per heavy atom. The van der Waals surface area contributed by atoms with Gasteiger partial charge in [0.2, 0.25) is 11.8 Å². The zero-order chi connectivity index (χ0) is 30.2. The Kier molecular flexibility index (Phi) is 11.1. The van der Waals surface area contributed by atoms with Crippen molar-refractivity contribution in [2.24, 2.45) is 5.92 Å². The molecule has 0 heterocycles. The lowest BCUT2D eigenvalue weighted by Crippen LogP contribution is -2.51. The van der Waals surface area contributed by atoms with E-state index in [9.17, 15) is 22.4 Å². The van der Waals surface area contributed by atoms with Crippen molar-refractivity contribution in [2.75, 3.05) is 24.0 Å². The Bertz CT molecular complexity index is 1420. The number of amides is 2. The number of anilines is 1. The second kappa shape index (κ2) is 14.3. The molecule has 3 aromatic carbocycles. The number of sulfonamides is 1. The van der Waals surface area contributed by atoms with Crippen molar-refractivity contribution in [2.45, 2.75) is 45.2 Å². The molecule has 0 fully saturated rings. The lowest BCUT2D eigenvalue weighted by Gasteiger charge is -2.32. The Balaban J connectivity index is 2.01. The van der Waals surface area contributed by atoms with E-state index in [0.717, 1.165) is 28.6 Å². The number of nitrogens with zero attached hydrogens (tertiary/aromatic N) is 2. The number of ether oxygens (including phenoxy) is 1. The smallest absolute Gasteiger partial charge is 0.264 e. The van der Waals surface area contributed by atoms with Crippen molar-refractivity contribution >= 4 is 39.1 Å². The van der Waals surface area contributed by atoms with E-state index in [1.165, 1.54) is 17.0 Å². The second-order valence-electron chi connectivity index (χ2n) is 9.86. The largest absolute Gasteiger partial charge is 0.494 e. The molecule has 0 aliphatic rings. The first kappa shape index (κ1) is 31.9. The number of halogens is 2. The van der Waals surface area contributed by atoms with Crippen LogP contribution in [0.4, 0.5) is 10.1 Å². The number of nitrogens with one attached hydrogen (secondary N) is 1. The molecule has 0 spiro atoms. The lowest BCUT2D eigenvalue weighted by atomic mass is 10.1. The number of hydrogen-bond donors (Lipinski definition) is 1. The van der Waals surface area contributed by atoms with Gasteiger partial charge in [0.05, 0.1) is 17.2 Å². The zero-order valence-corrected chi connectivity index (χ0v) is 25.1. The molecule has 1 N–H and O–H groups in total. The minimum atomic E-state index is -4.31.